The number of nitrogens with zero attached hydrogens (tertiary/aromatic N) is 2. The lowest BCUT2D eigenvalue weighted by Crippen LogP contribution is -2.42. The average molecular weight is 323 g/mol. The van der Waals surface area contributed by atoms with E-state index in [0.717, 1.165) is 25.9 Å². The number of pyridine rings is 1. The van der Waals surface area contributed by atoms with Gasteiger partial charge in [-0.3, -0.25) is 14.7 Å². The third-order valence-electron chi connectivity index (χ3n) is 4.63. The Hall–Kier alpha value is -2.20. The molecule has 1 amide bonds. The molecule has 2 aromatic rings. The van der Waals surface area contributed by atoms with E-state index >= 15 is 0 Å². The molecule has 0 aliphatic carbocycles. The van der Waals surface area contributed by atoms with Crippen LogP contribution in [0.4, 0.5) is 0 Å². The summed E-state index contributed by atoms with van der Waals surface area (Å²) in [6.45, 7) is 3.17. The minimum absolute atomic E-state index is 0.123. The number of benzene rings is 1. The number of carbonyl (C=O) groups excluding carboxylic acids is 1. The van der Waals surface area contributed by atoms with Crippen LogP contribution in [-0.4, -0.2) is 42.0 Å². The fraction of sp³-hybridized carbons (Fsp3) is 0.400. The van der Waals surface area contributed by atoms with Gasteiger partial charge in [-0.05, 0) is 55.0 Å². The Morgan fingerprint density at radius 2 is 1.96 bits per heavy atom. The number of carbonyl (C=O) groups is 1. The molecule has 0 radical (unpaired) electrons. The van der Waals surface area contributed by atoms with Crippen molar-refractivity contribution in [2.45, 2.75) is 25.2 Å². The first-order valence-electron chi connectivity index (χ1n) is 8.74. The second-order valence-corrected chi connectivity index (χ2v) is 6.44. The van der Waals surface area contributed by atoms with Crippen LogP contribution in [-0.2, 0) is 11.2 Å². The van der Waals surface area contributed by atoms with Crippen LogP contribution in [0.1, 0.15) is 29.9 Å². The fourth-order valence-electron chi connectivity index (χ4n) is 3.35. The van der Waals surface area contributed by atoms with Crippen LogP contribution >= 0.6 is 0 Å². The number of aromatic nitrogens is 1. The highest BCUT2D eigenvalue weighted by Crippen LogP contribution is 2.26. The summed E-state index contributed by atoms with van der Waals surface area (Å²) in [4.78, 5) is 18.5. The maximum absolute atomic E-state index is 12.2. The number of likely N-dealkylation sites (tertiary alicyclic amines) is 1. The van der Waals surface area contributed by atoms with Crippen molar-refractivity contribution < 1.29 is 4.79 Å². The van der Waals surface area contributed by atoms with Gasteiger partial charge in [0, 0.05) is 25.5 Å². The van der Waals surface area contributed by atoms with Gasteiger partial charge in [-0.25, -0.2) is 0 Å². The molecule has 1 aromatic carbocycles. The molecule has 2 heterocycles. The van der Waals surface area contributed by atoms with Crippen molar-refractivity contribution in [2.75, 3.05) is 26.2 Å². The summed E-state index contributed by atoms with van der Waals surface area (Å²) in [7, 11) is 0. The third-order valence-corrected chi connectivity index (χ3v) is 4.63. The minimum Gasteiger partial charge on any atom is -0.355 e. The molecule has 3 rings (SSSR count). The highest BCUT2D eigenvalue weighted by Gasteiger charge is 2.22. The first-order valence-corrected chi connectivity index (χ1v) is 8.74. The van der Waals surface area contributed by atoms with E-state index < -0.39 is 0 Å². The van der Waals surface area contributed by atoms with E-state index in [1.54, 1.807) is 12.4 Å². The van der Waals surface area contributed by atoms with Gasteiger partial charge in [0.2, 0.25) is 5.91 Å². The molecule has 1 N–H and O–H groups in total. The van der Waals surface area contributed by atoms with Gasteiger partial charge in [-0.2, -0.15) is 0 Å². The summed E-state index contributed by atoms with van der Waals surface area (Å²) >= 11 is 0. The first kappa shape index (κ1) is 16.7. The van der Waals surface area contributed by atoms with Crippen LogP contribution in [0, 0.1) is 0 Å². The molecule has 1 fully saturated rings. The topological polar surface area (TPSA) is 45.2 Å². The van der Waals surface area contributed by atoms with Crippen molar-refractivity contribution in [3.8, 4) is 0 Å². The Balaban J connectivity index is 1.42. The number of rotatable bonds is 6. The summed E-state index contributed by atoms with van der Waals surface area (Å²) in [6.07, 6.45) is 6.79. The molecular weight excluding hydrogens is 298 g/mol. The number of hydrogen-bond acceptors (Lipinski definition) is 3. The zero-order valence-electron chi connectivity index (χ0n) is 14.0. The van der Waals surface area contributed by atoms with E-state index in [1.165, 1.54) is 17.5 Å². The van der Waals surface area contributed by atoms with Crippen molar-refractivity contribution in [1.82, 2.24) is 15.2 Å². The van der Waals surface area contributed by atoms with E-state index in [0.29, 0.717) is 19.0 Å². The summed E-state index contributed by atoms with van der Waals surface area (Å²) in [6, 6.07) is 14.6. The summed E-state index contributed by atoms with van der Waals surface area (Å²) in [5.41, 5.74) is 2.59. The molecule has 1 aliphatic heterocycles. The van der Waals surface area contributed by atoms with Crippen molar-refractivity contribution >= 4 is 5.91 Å². The summed E-state index contributed by atoms with van der Waals surface area (Å²) in [5.74, 6) is 0.669. The van der Waals surface area contributed by atoms with Crippen molar-refractivity contribution in [3.63, 3.8) is 0 Å². The normalized spacial score (nSPS) is 18.2. The van der Waals surface area contributed by atoms with Crippen LogP contribution in [0.3, 0.4) is 0 Å². The number of piperidine rings is 1. The lowest BCUT2D eigenvalue weighted by Gasteiger charge is -2.32. The van der Waals surface area contributed by atoms with Gasteiger partial charge in [-0.1, -0.05) is 30.3 Å². The number of hydrogen-bond donors (Lipinski definition) is 1. The molecule has 1 aliphatic rings. The predicted octanol–water partition coefficient (Wildman–Crippen LogP) is 2.62. The van der Waals surface area contributed by atoms with Gasteiger partial charge in [0.05, 0.1) is 6.54 Å². The Kier molecular flexibility index (Phi) is 5.96. The quantitative estimate of drug-likeness (QED) is 0.889. The standard InChI is InChI=1S/C20H25N3O/c24-20(22-13-10-17-8-11-21-12-9-17)16-23-14-4-7-19(15-23)18-5-2-1-3-6-18/h1-3,5-6,8-9,11-12,19H,4,7,10,13-16H2,(H,22,24)/t19-/m1/s1. The molecule has 0 unspecified atom stereocenters. The van der Waals surface area contributed by atoms with Gasteiger partial charge >= 0.3 is 0 Å². The second kappa shape index (κ2) is 8.60. The Bertz CT molecular complexity index is 630. The molecule has 0 bridgehead atoms. The van der Waals surface area contributed by atoms with E-state index in [2.05, 4.69) is 45.5 Å². The molecule has 1 saturated heterocycles. The molecule has 0 spiro atoms. The van der Waals surface area contributed by atoms with Gasteiger partial charge in [-0.15, -0.1) is 0 Å². The predicted molar refractivity (Wildman–Crippen MR) is 95.8 cm³/mol. The maximum atomic E-state index is 12.2. The maximum Gasteiger partial charge on any atom is 0.234 e. The van der Waals surface area contributed by atoms with Crippen LogP contribution in [0.15, 0.2) is 54.9 Å². The first-order chi connectivity index (χ1) is 11.8. The largest absolute Gasteiger partial charge is 0.355 e. The molecule has 24 heavy (non-hydrogen) atoms. The van der Waals surface area contributed by atoms with E-state index in [-0.39, 0.29) is 5.91 Å². The number of amides is 1. The monoisotopic (exact) mass is 323 g/mol. The van der Waals surface area contributed by atoms with Crippen molar-refractivity contribution in [3.05, 3.63) is 66.0 Å². The zero-order valence-corrected chi connectivity index (χ0v) is 14.0. The average Bonchev–Trinajstić information content (AvgIpc) is 2.63. The Labute approximate surface area is 143 Å². The van der Waals surface area contributed by atoms with Gasteiger partial charge in [0.25, 0.3) is 0 Å². The Morgan fingerprint density at radius 1 is 1.17 bits per heavy atom. The lowest BCUT2D eigenvalue weighted by molar-refractivity contribution is -0.122. The smallest absolute Gasteiger partial charge is 0.234 e. The van der Waals surface area contributed by atoms with E-state index in [4.69, 9.17) is 0 Å². The third kappa shape index (κ3) is 4.90. The van der Waals surface area contributed by atoms with Crippen LogP contribution < -0.4 is 5.32 Å². The van der Waals surface area contributed by atoms with Crippen molar-refractivity contribution in [2.24, 2.45) is 0 Å². The van der Waals surface area contributed by atoms with E-state index in [1.807, 2.05) is 12.1 Å². The highest BCUT2D eigenvalue weighted by atomic mass is 16.2. The van der Waals surface area contributed by atoms with Crippen LogP contribution in [0.25, 0.3) is 0 Å². The lowest BCUT2D eigenvalue weighted by atomic mass is 9.91. The molecule has 0 saturated carbocycles. The molecule has 4 heteroatoms. The SMILES string of the molecule is O=C(CN1CCC[C@@H](c2ccccc2)C1)NCCc1ccncc1. The zero-order chi connectivity index (χ0) is 16.6. The Morgan fingerprint density at radius 3 is 2.75 bits per heavy atom. The molecular formula is C20H25N3O. The van der Waals surface area contributed by atoms with Crippen molar-refractivity contribution in [1.29, 1.82) is 0 Å². The summed E-state index contributed by atoms with van der Waals surface area (Å²) < 4.78 is 0. The van der Waals surface area contributed by atoms with Gasteiger partial charge < -0.3 is 5.32 Å². The van der Waals surface area contributed by atoms with Gasteiger partial charge in [0.15, 0.2) is 0 Å². The molecule has 126 valence electrons. The molecule has 4 nitrogen and oxygen atoms in total. The molecule has 1 atom stereocenters. The minimum atomic E-state index is 0.123. The van der Waals surface area contributed by atoms with E-state index in [9.17, 15) is 4.79 Å². The number of nitrogens with one attached hydrogen (secondary N) is 1. The van der Waals surface area contributed by atoms with Gasteiger partial charge in [0.1, 0.15) is 0 Å². The highest BCUT2D eigenvalue weighted by molar-refractivity contribution is 5.78. The van der Waals surface area contributed by atoms with Crippen LogP contribution in [0.2, 0.25) is 0 Å². The van der Waals surface area contributed by atoms with Crippen LogP contribution in [0.5, 0.6) is 0 Å². The fourth-order valence-corrected chi connectivity index (χ4v) is 3.35. The second-order valence-electron chi connectivity index (χ2n) is 6.44. The molecule has 1 aromatic heterocycles. The summed E-state index contributed by atoms with van der Waals surface area (Å²) in [5, 5.41) is 3.03.